The maximum atomic E-state index is 12.9. The van der Waals surface area contributed by atoms with Crippen LogP contribution in [0.15, 0.2) is 23.3 Å². The molecule has 0 aromatic heterocycles. The van der Waals surface area contributed by atoms with E-state index in [0.717, 1.165) is 18.4 Å². The van der Waals surface area contributed by atoms with Crippen molar-refractivity contribution in [3.05, 3.63) is 23.3 Å². The third kappa shape index (κ3) is 1.75. The summed E-state index contributed by atoms with van der Waals surface area (Å²) in [6.07, 6.45) is 2.22. The summed E-state index contributed by atoms with van der Waals surface area (Å²) in [6.45, 7) is 12.4. The number of carbonyl (C=O) groups is 2. The fourth-order valence-electron chi connectivity index (χ4n) is 6.02. The van der Waals surface area contributed by atoms with Crippen molar-refractivity contribution in [3.8, 4) is 0 Å². The zero-order chi connectivity index (χ0) is 16.9. The van der Waals surface area contributed by atoms with Crippen molar-refractivity contribution in [2.45, 2.75) is 52.6 Å². The predicted molar refractivity (Wildman–Crippen MR) is 87.6 cm³/mol. The van der Waals surface area contributed by atoms with Gasteiger partial charge in [0.1, 0.15) is 5.60 Å². The van der Waals surface area contributed by atoms with Crippen LogP contribution in [0.3, 0.4) is 0 Å². The number of hydrogen-bond donors (Lipinski definition) is 1. The highest BCUT2D eigenvalue weighted by atomic mass is 16.3. The van der Waals surface area contributed by atoms with E-state index in [4.69, 9.17) is 0 Å². The number of ketones is 2. The first kappa shape index (κ1) is 15.3. The molecule has 4 unspecified atom stereocenters. The Bertz CT molecular complexity index is 679. The minimum absolute atomic E-state index is 0.0315. The van der Waals surface area contributed by atoms with Crippen molar-refractivity contribution in [3.63, 3.8) is 0 Å². The Morgan fingerprint density at radius 1 is 1.22 bits per heavy atom. The molecule has 0 heterocycles. The molecule has 6 atom stereocenters. The summed E-state index contributed by atoms with van der Waals surface area (Å²) in [5.74, 6) is 1.03. The van der Waals surface area contributed by atoms with E-state index < -0.39 is 5.60 Å². The fourth-order valence-corrected chi connectivity index (χ4v) is 6.02. The van der Waals surface area contributed by atoms with Crippen molar-refractivity contribution in [2.24, 2.45) is 35.0 Å². The number of hydrogen-bond acceptors (Lipinski definition) is 3. The molecule has 2 fully saturated rings. The highest BCUT2D eigenvalue weighted by molar-refractivity contribution is 6.16. The molecule has 0 bridgehead atoms. The van der Waals surface area contributed by atoms with Crippen molar-refractivity contribution in [1.82, 2.24) is 0 Å². The van der Waals surface area contributed by atoms with Gasteiger partial charge in [-0.1, -0.05) is 32.9 Å². The van der Waals surface area contributed by atoms with E-state index in [9.17, 15) is 14.7 Å². The van der Waals surface area contributed by atoms with Crippen LogP contribution in [0, 0.1) is 35.0 Å². The largest absolute Gasteiger partial charge is 0.382 e. The summed E-state index contributed by atoms with van der Waals surface area (Å²) in [6, 6.07) is 0. The molecule has 0 aromatic carbocycles. The molecular weight excluding hydrogens is 288 g/mol. The second-order valence-corrected chi connectivity index (χ2v) is 9.03. The minimum atomic E-state index is -1.42. The summed E-state index contributed by atoms with van der Waals surface area (Å²) in [7, 11) is 0. The lowest BCUT2D eigenvalue weighted by Gasteiger charge is -2.38. The number of aliphatic hydroxyl groups is 1. The van der Waals surface area contributed by atoms with Crippen LogP contribution in [0.1, 0.15) is 47.0 Å². The maximum absolute atomic E-state index is 12.9. The molecular formula is C20H26O3. The number of carbonyl (C=O) groups excluding carboxylic acids is 2. The SMILES string of the molecule is C=C1CCC2C(C3C1C1=C(C[C@](C)(O)C1=O)C(=O)[C@H]3C)C2(C)C. The molecule has 4 aliphatic rings. The van der Waals surface area contributed by atoms with E-state index in [1.54, 1.807) is 6.92 Å². The fraction of sp³-hybridized carbons (Fsp3) is 0.700. The van der Waals surface area contributed by atoms with E-state index in [-0.39, 0.29) is 41.2 Å². The first-order valence-corrected chi connectivity index (χ1v) is 8.81. The molecule has 0 saturated heterocycles. The lowest BCUT2D eigenvalue weighted by atomic mass is 9.64. The molecule has 4 rings (SSSR count). The monoisotopic (exact) mass is 314 g/mol. The van der Waals surface area contributed by atoms with Gasteiger partial charge >= 0.3 is 0 Å². The quantitative estimate of drug-likeness (QED) is 0.699. The second-order valence-electron chi connectivity index (χ2n) is 9.03. The summed E-state index contributed by atoms with van der Waals surface area (Å²) >= 11 is 0. The first-order chi connectivity index (χ1) is 10.6. The molecule has 1 N–H and O–H groups in total. The van der Waals surface area contributed by atoms with Gasteiger partial charge in [0.05, 0.1) is 0 Å². The molecule has 4 aliphatic carbocycles. The molecule has 0 radical (unpaired) electrons. The van der Waals surface area contributed by atoms with Gasteiger partial charge in [0, 0.05) is 29.4 Å². The molecule has 0 aliphatic heterocycles. The Labute approximate surface area is 137 Å². The smallest absolute Gasteiger partial charge is 0.191 e. The van der Waals surface area contributed by atoms with Crippen LogP contribution in [0.5, 0.6) is 0 Å². The minimum Gasteiger partial charge on any atom is -0.382 e. The van der Waals surface area contributed by atoms with Gasteiger partial charge in [-0.05, 0) is 42.9 Å². The van der Waals surface area contributed by atoms with Crippen LogP contribution in [0.25, 0.3) is 0 Å². The van der Waals surface area contributed by atoms with E-state index in [1.165, 1.54) is 0 Å². The van der Waals surface area contributed by atoms with E-state index in [2.05, 4.69) is 20.4 Å². The average Bonchev–Trinajstić information content (AvgIpc) is 2.96. The lowest BCUT2D eigenvalue weighted by Crippen LogP contribution is -2.39. The standard InChI is InChI=1S/C20H26O3/c1-9-6-7-12-16(19(12,3)4)14-10(2)17(21)11-8-20(5,23)18(22)15(11)13(9)14/h10,12-14,16,23H,1,6-8H2,2-5H3/t10-,12?,13?,14?,16?,20-/m0/s1. The van der Waals surface area contributed by atoms with Gasteiger partial charge in [-0.25, -0.2) is 0 Å². The normalized spacial score (nSPS) is 47.9. The summed E-state index contributed by atoms with van der Waals surface area (Å²) < 4.78 is 0. The van der Waals surface area contributed by atoms with Crippen LogP contribution in [0.2, 0.25) is 0 Å². The van der Waals surface area contributed by atoms with Crippen molar-refractivity contribution in [2.75, 3.05) is 0 Å². The predicted octanol–water partition coefficient (Wildman–Crippen LogP) is 3.08. The third-order valence-corrected chi connectivity index (χ3v) is 7.33. The van der Waals surface area contributed by atoms with Crippen molar-refractivity contribution < 1.29 is 14.7 Å². The van der Waals surface area contributed by atoms with E-state index in [1.807, 2.05) is 6.92 Å². The van der Waals surface area contributed by atoms with Gasteiger partial charge < -0.3 is 5.11 Å². The Hall–Kier alpha value is -1.22. The summed E-state index contributed by atoms with van der Waals surface area (Å²) in [5, 5.41) is 10.5. The third-order valence-electron chi connectivity index (χ3n) is 7.33. The lowest BCUT2D eigenvalue weighted by molar-refractivity contribution is -0.130. The van der Waals surface area contributed by atoms with Crippen LogP contribution in [-0.4, -0.2) is 22.3 Å². The highest BCUT2D eigenvalue weighted by Gasteiger charge is 2.67. The van der Waals surface area contributed by atoms with Crippen LogP contribution < -0.4 is 0 Å². The first-order valence-electron chi connectivity index (χ1n) is 8.81. The number of Topliss-reactive ketones (excluding diaryl/α,β-unsaturated/α-hetero) is 2. The summed E-state index contributed by atoms with van der Waals surface area (Å²) in [5.41, 5.74) is 1.12. The molecule has 2 saturated carbocycles. The molecule has 0 spiro atoms. The van der Waals surface area contributed by atoms with E-state index in [0.29, 0.717) is 23.0 Å². The van der Waals surface area contributed by atoms with E-state index >= 15 is 0 Å². The molecule has 23 heavy (non-hydrogen) atoms. The van der Waals surface area contributed by atoms with Crippen molar-refractivity contribution >= 4 is 11.6 Å². The Kier molecular flexibility index (Phi) is 2.82. The Balaban J connectivity index is 1.87. The molecule has 0 aromatic rings. The van der Waals surface area contributed by atoms with Gasteiger partial charge in [-0.3, -0.25) is 9.59 Å². The zero-order valence-corrected chi connectivity index (χ0v) is 14.5. The van der Waals surface area contributed by atoms with Crippen molar-refractivity contribution in [1.29, 1.82) is 0 Å². The zero-order valence-electron chi connectivity index (χ0n) is 14.5. The highest BCUT2D eigenvalue weighted by Crippen LogP contribution is 2.70. The van der Waals surface area contributed by atoms with Crippen LogP contribution in [0.4, 0.5) is 0 Å². The Morgan fingerprint density at radius 3 is 2.52 bits per heavy atom. The van der Waals surface area contributed by atoms with Crippen LogP contribution in [-0.2, 0) is 9.59 Å². The van der Waals surface area contributed by atoms with Gasteiger partial charge in [0.2, 0.25) is 0 Å². The molecule has 0 amide bonds. The maximum Gasteiger partial charge on any atom is 0.191 e. The average molecular weight is 314 g/mol. The Morgan fingerprint density at radius 2 is 1.87 bits per heavy atom. The topological polar surface area (TPSA) is 54.4 Å². The van der Waals surface area contributed by atoms with Gasteiger partial charge in [-0.2, -0.15) is 0 Å². The van der Waals surface area contributed by atoms with Crippen LogP contribution >= 0.6 is 0 Å². The number of allylic oxidation sites excluding steroid dienone is 1. The number of rotatable bonds is 0. The van der Waals surface area contributed by atoms with Gasteiger partial charge in [0.25, 0.3) is 0 Å². The molecule has 3 heteroatoms. The molecule has 3 nitrogen and oxygen atoms in total. The van der Waals surface area contributed by atoms with Gasteiger partial charge in [-0.15, -0.1) is 0 Å². The summed E-state index contributed by atoms with van der Waals surface area (Å²) in [4.78, 5) is 25.7. The molecule has 124 valence electrons. The number of fused-ring (bicyclic) bond motifs is 4. The second kappa shape index (κ2) is 4.24. The van der Waals surface area contributed by atoms with Gasteiger partial charge in [0.15, 0.2) is 11.6 Å².